The Kier molecular flexibility index (Phi) is 6.08. The van der Waals surface area contributed by atoms with Gasteiger partial charge in [-0.3, -0.25) is 9.89 Å². The fourth-order valence-corrected chi connectivity index (χ4v) is 4.90. The average Bonchev–Trinajstić information content (AvgIpc) is 3.51. The number of fused-ring (bicyclic) bond motifs is 3. The van der Waals surface area contributed by atoms with Gasteiger partial charge in [0.2, 0.25) is 0 Å². The number of carbonyl (C=O) groups is 1. The third kappa shape index (κ3) is 4.28. The summed E-state index contributed by atoms with van der Waals surface area (Å²) < 4.78 is 21.5. The standard InChI is InChI=1S/C26H26FN9O2/c1-2-38-16-10-17(24-18-12-31-33-25(18)34-36(24)13-16)15-5-6-22(30-11-15)35-9-7-21(20(28)14-35)32-26(37)23-19(27)4-3-8-29-23/h3-6,8,10-13,20-21H,2,7,9,14,28H2,1H3,(H,32,37)(H,33,34)/t20-,21-/m0/s1. The molecule has 6 heterocycles. The van der Waals surface area contributed by atoms with Crippen LogP contribution in [0.15, 0.2) is 55.1 Å². The summed E-state index contributed by atoms with van der Waals surface area (Å²) >= 11 is 0. The first-order valence-corrected chi connectivity index (χ1v) is 12.4. The number of carbonyl (C=O) groups excluding carboxylic acids is 1. The van der Waals surface area contributed by atoms with Crippen molar-refractivity contribution in [3.8, 4) is 16.9 Å². The second kappa shape index (κ2) is 9.71. The van der Waals surface area contributed by atoms with Crippen LogP contribution in [0.2, 0.25) is 0 Å². The predicted octanol–water partition coefficient (Wildman–Crippen LogP) is 2.54. The normalized spacial score (nSPS) is 17.7. The third-order valence-corrected chi connectivity index (χ3v) is 6.74. The van der Waals surface area contributed by atoms with Gasteiger partial charge >= 0.3 is 0 Å². The maximum atomic E-state index is 13.9. The van der Waals surface area contributed by atoms with E-state index in [-0.39, 0.29) is 17.8 Å². The van der Waals surface area contributed by atoms with Crippen LogP contribution in [-0.2, 0) is 0 Å². The average molecular weight is 516 g/mol. The van der Waals surface area contributed by atoms with E-state index in [2.05, 4.69) is 30.5 Å². The van der Waals surface area contributed by atoms with Crippen LogP contribution in [0.25, 0.3) is 27.7 Å². The molecule has 38 heavy (non-hydrogen) atoms. The van der Waals surface area contributed by atoms with Crippen LogP contribution in [-0.4, -0.2) is 67.5 Å². The van der Waals surface area contributed by atoms with E-state index in [1.165, 1.54) is 18.3 Å². The Morgan fingerprint density at radius 3 is 2.95 bits per heavy atom. The van der Waals surface area contributed by atoms with Crippen LogP contribution in [0, 0.1) is 5.82 Å². The van der Waals surface area contributed by atoms with Crippen LogP contribution in [0.4, 0.5) is 10.2 Å². The summed E-state index contributed by atoms with van der Waals surface area (Å²) in [7, 11) is 0. The van der Waals surface area contributed by atoms with Crippen molar-refractivity contribution in [1.82, 2.24) is 35.1 Å². The van der Waals surface area contributed by atoms with Gasteiger partial charge in [0.15, 0.2) is 17.2 Å². The van der Waals surface area contributed by atoms with Crippen molar-refractivity contribution in [3.05, 3.63) is 66.6 Å². The molecule has 4 N–H and O–H groups in total. The van der Waals surface area contributed by atoms with Crippen LogP contribution < -0.4 is 20.7 Å². The molecule has 1 aliphatic rings. The second-order valence-electron chi connectivity index (χ2n) is 9.17. The highest BCUT2D eigenvalue weighted by Gasteiger charge is 2.29. The Bertz CT molecular complexity index is 1610. The minimum Gasteiger partial charge on any atom is -0.492 e. The molecule has 1 fully saturated rings. The number of aromatic amines is 1. The lowest BCUT2D eigenvalue weighted by Gasteiger charge is -2.37. The van der Waals surface area contributed by atoms with Crippen molar-refractivity contribution in [2.24, 2.45) is 5.73 Å². The summed E-state index contributed by atoms with van der Waals surface area (Å²) in [6.45, 7) is 3.60. The van der Waals surface area contributed by atoms with E-state index in [0.29, 0.717) is 37.5 Å². The molecular weight excluding hydrogens is 489 g/mol. The largest absolute Gasteiger partial charge is 0.492 e. The molecule has 2 atom stereocenters. The minimum absolute atomic E-state index is 0.229. The molecule has 5 aromatic rings. The van der Waals surface area contributed by atoms with Gasteiger partial charge < -0.3 is 20.7 Å². The zero-order valence-electron chi connectivity index (χ0n) is 20.6. The Balaban J connectivity index is 1.21. The Morgan fingerprint density at radius 2 is 2.18 bits per heavy atom. The molecule has 1 aliphatic heterocycles. The van der Waals surface area contributed by atoms with Crippen LogP contribution >= 0.6 is 0 Å². The van der Waals surface area contributed by atoms with Crippen molar-refractivity contribution >= 4 is 28.3 Å². The van der Waals surface area contributed by atoms with Crippen molar-refractivity contribution < 1.29 is 13.9 Å². The summed E-state index contributed by atoms with van der Waals surface area (Å²) in [5, 5.41) is 15.4. The number of hydrogen-bond donors (Lipinski definition) is 3. The quantitative estimate of drug-likeness (QED) is 0.314. The third-order valence-electron chi connectivity index (χ3n) is 6.74. The van der Waals surface area contributed by atoms with Gasteiger partial charge in [-0.05, 0) is 43.7 Å². The van der Waals surface area contributed by atoms with Crippen molar-refractivity contribution in [2.45, 2.75) is 25.4 Å². The minimum atomic E-state index is -0.659. The summed E-state index contributed by atoms with van der Waals surface area (Å²) in [4.78, 5) is 23.1. The molecule has 0 radical (unpaired) electrons. The maximum Gasteiger partial charge on any atom is 0.273 e. The van der Waals surface area contributed by atoms with E-state index >= 15 is 0 Å². The number of nitrogens with zero attached hydrogens (tertiary/aromatic N) is 6. The van der Waals surface area contributed by atoms with E-state index in [9.17, 15) is 9.18 Å². The van der Waals surface area contributed by atoms with Gasteiger partial charge in [0.05, 0.1) is 29.9 Å². The number of nitrogens with two attached hydrogens (primary N) is 1. The Morgan fingerprint density at radius 1 is 1.29 bits per heavy atom. The number of aromatic nitrogens is 6. The second-order valence-corrected chi connectivity index (χ2v) is 9.17. The molecule has 0 aliphatic carbocycles. The number of anilines is 1. The Labute approximate surface area is 216 Å². The first-order chi connectivity index (χ1) is 18.5. The maximum absolute atomic E-state index is 13.9. The highest BCUT2D eigenvalue weighted by Crippen LogP contribution is 2.33. The van der Waals surface area contributed by atoms with Gasteiger partial charge in [-0.15, -0.1) is 5.10 Å². The lowest BCUT2D eigenvalue weighted by molar-refractivity contribution is 0.0916. The SMILES string of the molecule is CCOc1cc(-c2ccc(N3CC[C@H](NC(=O)c4ncccc4F)[C@@H](N)C3)nc2)c2c3cn[nH]c3nn2c1. The number of amides is 1. The van der Waals surface area contributed by atoms with Crippen LogP contribution in [0.5, 0.6) is 5.75 Å². The van der Waals surface area contributed by atoms with Crippen molar-refractivity contribution in [1.29, 1.82) is 0 Å². The number of piperidine rings is 1. The fraction of sp³-hybridized carbons (Fsp3) is 0.269. The molecule has 194 valence electrons. The highest BCUT2D eigenvalue weighted by molar-refractivity contribution is 6.01. The lowest BCUT2D eigenvalue weighted by atomic mass is 9.99. The van der Waals surface area contributed by atoms with Crippen LogP contribution in [0.3, 0.4) is 0 Å². The van der Waals surface area contributed by atoms with Gasteiger partial charge in [-0.25, -0.2) is 18.9 Å². The molecule has 0 aromatic carbocycles. The van der Waals surface area contributed by atoms with E-state index in [1.54, 1.807) is 10.7 Å². The van der Waals surface area contributed by atoms with E-state index < -0.39 is 11.7 Å². The lowest BCUT2D eigenvalue weighted by Crippen LogP contribution is -2.58. The number of H-pyrrole nitrogens is 1. The summed E-state index contributed by atoms with van der Waals surface area (Å²) in [5.74, 6) is 0.266. The monoisotopic (exact) mass is 515 g/mol. The molecule has 11 nitrogen and oxygen atoms in total. The summed E-state index contributed by atoms with van der Waals surface area (Å²) in [5.41, 5.74) is 9.61. The van der Waals surface area contributed by atoms with Gasteiger partial charge in [0, 0.05) is 48.7 Å². The molecule has 6 rings (SSSR count). The van der Waals surface area contributed by atoms with Gasteiger partial charge in [-0.2, -0.15) is 5.10 Å². The number of hydrogen-bond acceptors (Lipinski definition) is 8. The number of halogens is 1. The topological polar surface area (TPSA) is 139 Å². The molecule has 0 spiro atoms. The molecule has 12 heteroatoms. The summed E-state index contributed by atoms with van der Waals surface area (Å²) in [6, 6.07) is 7.95. The smallest absolute Gasteiger partial charge is 0.273 e. The van der Waals surface area contributed by atoms with E-state index in [0.717, 1.165) is 27.8 Å². The zero-order chi connectivity index (χ0) is 26.2. The first-order valence-electron chi connectivity index (χ1n) is 12.4. The van der Waals surface area contributed by atoms with Gasteiger partial charge in [-0.1, -0.05) is 0 Å². The number of ether oxygens (including phenoxy) is 1. The molecule has 0 saturated carbocycles. The highest BCUT2D eigenvalue weighted by atomic mass is 19.1. The predicted molar refractivity (Wildman–Crippen MR) is 139 cm³/mol. The molecule has 5 aromatic heterocycles. The number of pyridine rings is 3. The Hall–Kier alpha value is -4.58. The molecule has 0 bridgehead atoms. The fourth-order valence-electron chi connectivity index (χ4n) is 4.90. The number of nitrogens with one attached hydrogen (secondary N) is 2. The van der Waals surface area contributed by atoms with E-state index in [1.807, 2.05) is 37.5 Å². The molecular formula is C26H26FN9O2. The van der Waals surface area contributed by atoms with E-state index in [4.69, 9.17) is 15.5 Å². The molecule has 1 saturated heterocycles. The zero-order valence-corrected chi connectivity index (χ0v) is 20.6. The van der Waals surface area contributed by atoms with Crippen LogP contribution in [0.1, 0.15) is 23.8 Å². The summed E-state index contributed by atoms with van der Waals surface area (Å²) in [6.07, 6.45) is 7.41. The van der Waals surface area contributed by atoms with Crippen molar-refractivity contribution in [3.63, 3.8) is 0 Å². The molecule has 1 amide bonds. The van der Waals surface area contributed by atoms with Gasteiger partial charge in [0.1, 0.15) is 11.6 Å². The first kappa shape index (κ1) is 23.8. The molecule has 0 unspecified atom stereocenters. The van der Waals surface area contributed by atoms with Crippen molar-refractivity contribution in [2.75, 3.05) is 24.6 Å². The number of rotatable bonds is 6. The van der Waals surface area contributed by atoms with Gasteiger partial charge in [0.25, 0.3) is 5.91 Å².